The van der Waals surface area contributed by atoms with Gasteiger partial charge in [-0.1, -0.05) is 6.08 Å². The number of ether oxygens (including phenoxy) is 2. The highest BCUT2D eigenvalue weighted by Crippen LogP contribution is 2.11. The summed E-state index contributed by atoms with van der Waals surface area (Å²) < 4.78 is 10.9. The first-order chi connectivity index (χ1) is 7.83. The summed E-state index contributed by atoms with van der Waals surface area (Å²) in [5, 5.41) is 2.78. The van der Waals surface area contributed by atoms with E-state index in [1.165, 1.54) is 6.08 Å². The molecule has 1 rings (SSSR count). The maximum absolute atomic E-state index is 11.0. The van der Waals surface area contributed by atoms with Gasteiger partial charge in [-0.05, 0) is 32.3 Å². The molecule has 1 atom stereocenters. The Hall–Kier alpha value is -0.870. The smallest absolute Gasteiger partial charge is 0.243 e. The van der Waals surface area contributed by atoms with Gasteiger partial charge in [0.05, 0.1) is 12.7 Å². The van der Waals surface area contributed by atoms with Crippen molar-refractivity contribution in [2.75, 3.05) is 26.4 Å². The molecule has 0 saturated carbocycles. The van der Waals surface area contributed by atoms with Gasteiger partial charge in [-0.2, -0.15) is 0 Å². The molecular formula is C12H21NO3. The Morgan fingerprint density at radius 3 is 3.19 bits per heavy atom. The Morgan fingerprint density at radius 2 is 2.50 bits per heavy atom. The third kappa shape index (κ3) is 5.88. The molecule has 0 aromatic heterocycles. The highest BCUT2D eigenvalue weighted by molar-refractivity contribution is 5.87. The van der Waals surface area contributed by atoms with Crippen LogP contribution in [0.4, 0.5) is 0 Å². The van der Waals surface area contributed by atoms with Gasteiger partial charge in [0.2, 0.25) is 5.91 Å². The van der Waals surface area contributed by atoms with Crippen LogP contribution in [0.15, 0.2) is 12.2 Å². The molecule has 1 aliphatic heterocycles. The zero-order chi connectivity index (χ0) is 11.6. The molecule has 0 aliphatic carbocycles. The molecule has 92 valence electrons. The SMILES string of the molecule is CC=CC(=O)NCCCOCC1CCCO1. The molecule has 1 amide bonds. The molecule has 0 spiro atoms. The number of hydrogen-bond acceptors (Lipinski definition) is 3. The lowest BCUT2D eigenvalue weighted by molar-refractivity contribution is -0.116. The number of rotatable bonds is 7. The van der Waals surface area contributed by atoms with E-state index in [0.717, 1.165) is 25.9 Å². The number of allylic oxidation sites excluding steroid dienone is 1. The lowest BCUT2D eigenvalue weighted by atomic mass is 10.2. The molecule has 1 saturated heterocycles. The van der Waals surface area contributed by atoms with Crippen LogP contribution in [-0.4, -0.2) is 38.4 Å². The van der Waals surface area contributed by atoms with Crippen LogP contribution in [0.5, 0.6) is 0 Å². The van der Waals surface area contributed by atoms with Crippen molar-refractivity contribution in [3.8, 4) is 0 Å². The first-order valence-corrected chi connectivity index (χ1v) is 5.93. The minimum atomic E-state index is -0.0402. The third-order valence-electron chi connectivity index (χ3n) is 2.41. The molecule has 1 fully saturated rings. The molecule has 0 radical (unpaired) electrons. The Morgan fingerprint density at radius 1 is 1.62 bits per heavy atom. The number of carbonyl (C=O) groups excluding carboxylic acids is 1. The van der Waals surface area contributed by atoms with E-state index >= 15 is 0 Å². The van der Waals surface area contributed by atoms with Crippen LogP contribution < -0.4 is 5.32 Å². The summed E-state index contributed by atoms with van der Waals surface area (Å²) in [7, 11) is 0. The van der Waals surface area contributed by atoms with E-state index < -0.39 is 0 Å². The summed E-state index contributed by atoms with van der Waals surface area (Å²) in [6.07, 6.45) is 6.63. The fourth-order valence-electron chi connectivity index (χ4n) is 1.59. The Balaban J connectivity index is 1.86. The molecule has 1 unspecified atom stereocenters. The van der Waals surface area contributed by atoms with Crippen molar-refractivity contribution in [1.29, 1.82) is 0 Å². The molecule has 0 aromatic carbocycles. The second-order valence-corrected chi connectivity index (χ2v) is 3.85. The van der Waals surface area contributed by atoms with E-state index in [-0.39, 0.29) is 12.0 Å². The van der Waals surface area contributed by atoms with E-state index in [1.807, 2.05) is 6.92 Å². The number of hydrogen-bond donors (Lipinski definition) is 1. The Bertz CT molecular complexity index is 222. The lowest BCUT2D eigenvalue weighted by Gasteiger charge is -2.09. The predicted molar refractivity (Wildman–Crippen MR) is 62.2 cm³/mol. The van der Waals surface area contributed by atoms with Crippen LogP contribution in [0, 0.1) is 0 Å². The van der Waals surface area contributed by atoms with Crippen molar-refractivity contribution in [2.45, 2.75) is 32.3 Å². The summed E-state index contributed by atoms with van der Waals surface area (Å²) >= 11 is 0. The summed E-state index contributed by atoms with van der Waals surface area (Å²) in [6.45, 7) is 4.71. The van der Waals surface area contributed by atoms with E-state index in [2.05, 4.69) is 5.32 Å². The maximum atomic E-state index is 11.0. The van der Waals surface area contributed by atoms with Crippen LogP contribution >= 0.6 is 0 Å². The maximum Gasteiger partial charge on any atom is 0.243 e. The molecule has 0 aromatic rings. The average molecular weight is 227 g/mol. The molecule has 4 nitrogen and oxygen atoms in total. The second kappa shape index (κ2) is 8.30. The molecular weight excluding hydrogens is 206 g/mol. The fraction of sp³-hybridized carbons (Fsp3) is 0.750. The van der Waals surface area contributed by atoms with Gasteiger partial charge in [0.25, 0.3) is 0 Å². The molecule has 1 aliphatic rings. The second-order valence-electron chi connectivity index (χ2n) is 3.85. The van der Waals surface area contributed by atoms with Gasteiger partial charge in [-0.25, -0.2) is 0 Å². The van der Waals surface area contributed by atoms with Gasteiger partial charge in [0.15, 0.2) is 0 Å². The first-order valence-electron chi connectivity index (χ1n) is 5.93. The monoisotopic (exact) mass is 227 g/mol. The van der Waals surface area contributed by atoms with Crippen molar-refractivity contribution in [3.63, 3.8) is 0 Å². The van der Waals surface area contributed by atoms with E-state index in [4.69, 9.17) is 9.47 Å². The van der Waals surface area contributed by atoms with Crippen molar-refractivity contribution in [2.24, 2.45) is 0 Å². The largest absolute Gasteiger partial charge is 0.379 e. The van der Waals surface area contributed by atoms with Gasteiger partial charge >= 0.3 is 0 Å². The van der Waals surface area contributed by atoms with Gasteiger partial charge in [0.1, 0.15) is 0 Å². The zero-order valence-corrected chi connectivity index (χ0v) is 9.91. The topological polar surface area (TPSA) is 47.6 Å². The summed E-state index contributed by atoms with van der Waals surface area (Å²) in [4.78, 5) is 11.0. The minimum absolute atomic E-state index is 0.0402. The fourth-order valence-corrected chi connectivity index (χ4v) is 1.59. The van der Waals surface area contributed by atoms with Crippen LogP contribution in [0.25, 0.3) is 0 Å². The normalized spacial score (nSPS) is 20.4. The van der Waals surface area contributed by atoms with Crippen molar-refractivity contribution < 1.29 is 14.3 Å². The van der Waals surface area contributed by atoms with Crippen molar-refractivity contribution in [1.82, 2.24) is 5.32 Å². The molecule has 16 heavy (non-hydrogen) atoms. The summed E-state index contributed by atoms with van der Waals surface area (Å²) in [5.41, 5.74) is 0. The van der Waals surface area contributed by atoms with Crippen LogP contribution in [0.3, 0.4) is 0 Å². The van der Waals surface area contributed by atoms with Crippen LogP contribution in [0.2, 0.25) is 0 Å². The van der Waals surface area contributed by atoms with E-state index in [1.54, 1.807) is 6.08 Å². The molecule has 4 heteroatoms. The zero-order valence-electron chi connectivity index (χ0n) is 9.91. The van der Waals surface area contributed by atoms with Gasteiger partial charge in [-0.15, -0.1) is 0 Å². The minimum Gasteiger partial charge on any atom is -0.379 e. The summed E-state index contributed by atoms with van der Waals surface area (Å²) in [6, 6.07) is 0. The standard InChI is InChI=1S/C12H21NO3/c1-2-5-12(14)13-7-4-8-15-10-11-6-3-9-16-11/h2,5,11H,3-4,6-10H2,1H3,(H,13,14). The highest BCUT2D eigenvalue weighted by atomic mass is 16.5. The molecule has 1 heterocycles. The van der Waals surface area contributed by atoms with Crippen molar-refractivity contribution >= 4 is 5.91 Å². The van der Waals surface area contributed by atoms with Gasteiger partial charge in [-0.3, -0.25) is 4.79 Å². The lowest BCUT2D eigenvalue weighted by Crippen LogP contribution is -2.23. The van der Waals surface area contributed by atoms with Gasteiger partial charge < -0.3 is 14.8 Å². The quantitative estimate of drug-likeness (QED) is 0.526. The first kappa shape index (κ1) is 13.2. The predicted octanol–water partition coefficient (Wildman–Crippen LogP) is 1.26. The molecule has 1 N–H and O–H groups in total. The van der Waals surface area contributed by atoms with E-state index in [9.17, 15) is 4.79 Å². The number of amides is 1. The molecule has 0 bridgehead atoms. The average Bonchev–Trinajstić information content (AvgIpc) is 2.76. The van der Waals surface area contributed by atoms with Crippen molar-refractivity contribution in [3.05, 3.63) is 12.2 Å². The summed E-state index contributed by atoms with van der Waals surface area (Å²) in [5.74, 6) is -0.0402. The van der Waals surface area contributed by atoms with Gasteiger partial charge in [0, 0.05) is 19.8 Å². The van der Waals surface area contributed by atoms with Crippen LogP contribution in [-0.2, 0) is 14.3 Å². The third-order valence-corrected chi connectivity index (χ3v) is 2.41. The number of carbonyl (C=O) groups is 1. The Kier molecular flexibility index (Phi) is 6.85. The van der Waals surface area contributed by atoms with E-state index in [0.29, 0.717) is 19.8 Å². The number of nitrogens with one attached hydrogen (secondary N) is 1. The highest BCUT2D eigenvalue weighted by Gasteiger charge is 2.14. The Labute approximate surface area is 97.0 Å². The van der Waals surface area contributed by atoms with Crippen LogP contribution in [0.1, 0.15) is 26.2 Å².